The van der Waals surface area contributed by atoms with E-state index in [4.69, 9.17) is 9.47 Å². The van der Waals surface area contributed by atoms with E-state index in [9.17, 15) is 14.4 Å². The smallest absolute Gasteiger partial charge is 0.266 e. The number of benzene rings is 3. The van der Waals surface area contributed by atoms with Crippen molar-refractivity contribution < 1.29 is 18.7 Å². The van der Waals surface area contributed by atoms with Crippen LogP contribution in [0, 0.1) is 34.6 Å². The molecule has 3 aromatic rings. The third-order valence-corrected chi connectivity index (χ3v) is 5.74. The number of carbonyl (C=O) groups excluding carboxylic acids is 1. The third-order valence-electron chi connectivity index (χ3n) is 4.93. The molecule has 0 heterocycles. The maximum Gasteiger partial charge on any atom is 0.266 e. The number of rotatable bonds is 8. The lowest BCUT2D eigenvalue weighted by Crippen LogP contribution is -2.14. The van der Waals surface area contributed by atoms with Crippen molar-refractivity contribution in [2.45, 2.75) is 27.4 Å². The van der Waals surface area contributed by atoms with E-state index < -0.39 is 5.91 Å². The first-order chi connectivity index (χ1) is 16.3. The maximum atomic E-state index is 13.2. The molecule has 7 heteroatoms. The predicted molar refractivity (Wildman–Crippen MR) is 139 cm³/mol. The van der Waals surface area contributed by atoms with Crippen molar-refractivity contribution in [3.8, 4) is 17.6 Å². The number of carbonyl (C=O) groups is 1. The van der Waals surface area contributed by atoms with Gasteiger partial charge in [0.05, 0.1) is 10.2 Å². The van der Waals surface area contributed by atoms with Gasteiger partial charge in [-0.1, -0.05) is 29.8 Å². The SMILES string of the molecule is CCOc1cc(/C=C(\C#N)C(=O)Nc2ccc(C)cc2C)cc(I)c1OCc1ccc(F)cc1. The second-order valence-electron chi connectivity index (χ2n) is 7.62. The molecule has 0 radical (unpaired) electrons. The largest absolute Gasteiger partial charge is 0.490 e. The van der Waals surface area contributed by atoms with Crippen molar-refractivity contribution in [3.63, 3.8) is 0 Å². The third kappa shape index (κ3) is 6.58. The quantitative estimate of drug-likeness (QED) is 0.189. The average Bonchev–Trinajstić information content (AvgIpc) is 2.80. The van der Waals surface area contributed by atoms with Crippen LogP contribution in [-0.2, 0) is 11.4 Å². The van der Waals surface area contributed by atoms with E-state index in [0.29, 0.717) is 29.4 Å². The molecule has 3 aromatic carbocycles. The number of anilines is 1. The summed E-state index contributed by atoms with van der Waals surface area (Å²) in [6, 6.07) is 17.3. The summed E-state index contributed by atoms with van der Waals surface area (Å²) < 4.78 is 25.6. The zero-order valence-corrected chi connectivity index (χ0v) is 21.3. The van der Waals surface area contributed by atoms with Crippen molar-refractivity contribution in [1.29, 1.82) is 5.26 Å². The Bertz CT molecular complexity index is 1260. The van der Waals surface area contributed by atoms with Crippen LogP contribution in [-0.4, -0.2) is 12.5 Å². The Balaban J connectivity index is 1.85. The summed E-state index contributed by atoms with van der Waals surface area (Å²) >= 11 is 2.12. The van der Waals surface area contributed by atoms with Crippen molar-refractivity contribution in [2.24, 2.45) is 0 Å². The molecule has 0 bridgehead atoms. The van der Waals surface area contributed by atoms with E-state index in [1.807, 2.05) is 51.1 Å². The fourth-order valence-corrected chi connectivity index (χ4v) is 4.05. The van der Waals surface area contributed by atoms with E-state index in [0.717, 1.165) is 20.3 Å². The number of amides is 1. The Morgan fingerprint density at radius 3 is 2.50 bits per heavy atom. The topological polar surface area (TPSA) is 71.3 Å². The lowest BCUT2D eigenvalue weighted by atomic mass is 10.1. The van der Waals surface area contributed by atoms with E-state index in [1.165, 1.54) is 18.2 Å². The van der Waals surface area contributed by atoms with Gasteiger partial charge in [-0.2, -0.15) is 5.26 Å². The summed E-state index contributed by atoms with van der Waals surface area (Å²) in [5.74, 6) is 0.246. The minimum absolute atomic E-state index is 0.0294. The zero-order chi connectivity index (χ0) is 24.7. The van der Waals surface area contributed by atoms with Crippen molar-refractivity contribution in [1.82, 2.24) is 0 Å². The van der Waals surface area contributed by atoms with Crippen LogP contribution in [0.25, 0.3) is 6.08 Å². The molecular formula is C27H24FIN2O3. The second-order valence-corrected chi connectivity index (χ2v) is 8.78. The minimum atomic E-state index is -0.487. The van der Waals surface area contributed by atoms with Gasteiger partial charge in [-0.3, -0.25) is 4.79 Å². The first-order valence-electron chi connectivity index (χ1n) is 10.6. The number of aryl methyl sites for hydroxylation is 2. The van der Waals surface area contributed by atoms with Crippen LogP contribution in [0.3, 0.4) is 0 Å². The van der Waals surface area contributed by atoms with E-state index in [2.05, 4.69) is 27.9 Å². The molecule has 34 heavy (non-hydrogen) atoms. The summed E-state index contributed by atoms with van der Waals surface area (Å²) in [6.45, 7) is 6.39. The van der Waals surface area contributed by atoms with E-state index >= 15 is 0 Å². The Labute approximate surface area is 212 Å². The number of halogens is 2. The number of nitrogens with zero attached hydrogens (tertiary/aromatic N) is 1. The van der Waals surface area contributed by atoms with Crippen LogP contribution >= 0.6 is 22.6 Å². The summed E-state index contributed by atoms with van der Waals surface area (Å²) in [4.78, 5) is 12.7. The predicted octanol–water partition coefficient (Wildman–Crippen LogP) is 6.57. The molecule has 1 amide bonds. The highest BCUT2D eigenvalue weighted by Crippen LogP contribution is 2.35. The zero-order valence-electron chi connectivity index (χ0n) is 19.1. The highest BCUT2D eigenvalue weighted by atomic mass is 127. The minimum Gasteiger partial charge on any atom is -0.490 e. The molecule has 0 aliphatic rings. The molecule has 0 spiro atoms. The van der Waals surface area contributed by atoms with E-state index in [1.54, 1.807) is 18.2 Å². The highest BCUT2D eigenvalue weighted by molar-refractivity contribution is 14.1. The molecule has 0 aliphatic heterocycles. The number of nitrogens with one attached hydrogen (secondary N) is 1. The van der Waals surface area contributed by atoms with Crippen LogP contribution in [0.15, 0.2) is 60.2 Å². The lowest BCUT2D eigenvalue weighted by molar-refractivity contribution is -0.112. The molecule has 0 saturated heterocycles. The monoisotopic (exact) mass is 570 g/mol. The molecule has 0 unspecified atom stereocenters. The summed E-state index contributed by atoms with van der Waals surface area (Å²) in [5, 5.41) is 12.4. The first-order valence-corrected chi connectivity index (χ1v) is 11.7. The van der Waals surface area contributed by atoms with Crippen molar-refractivity contribution in [3.05, 3.63) is 91.8 Å². The van der Waals surface area contributed by atoms with Gasteiger partial charge in [0.25, 0.3) is 5.91 Å². The van der Waals surface area contributed by atoms with Gasteiger partial charge in [0, 0.05) is 5.69 Å². The summed E-state index contributed by atoms with van der Waals surface area (Å²) in [6.07, 6.45) is 1.52. The van der Waals surface area contributed by atoms with Gasteiger partial charge in [-0.15, -0.1) is 0 Å². The molecule has 174 valence electrons. The van der Waals surface area contributed by atoms with Gasteiger partial charge in [-0.05, 0) is 96.5 Å². The molecular weight excluding hydrogens is 546 g/mol. The molecule has 0 fully saturated rings. The fourth-order valence-electron chi connectivity index (χ4n) is 3.27. The molecule has 3 rings (SSSR count). The van der Waals surface area contributed by atoms with Gasteiger partial charge in [0.2, 0.25) is 0 Å². The first kappa shape index (κ1) is 25.2. The number of ether oxygens (including phenoxy) is 2. The molecule has 0 aromatic heterocycles. The standard InChI is InChI=1S/C27H24FIN2O3/c1-4-33-25-14-20(13-23(29)26(25)34-16-19-6-8-22(28)9-7-19)12-21(15-30)27(32)31-24-10-5-17(2)11-18(24)3/h5-14H,4,16H2,1-3H3,(H,31,32)/b21-12+. The normalized spacial score (nSPS) is 11.0. The van der Waals surface area contributed by atoms with Crippen molar-refractivity contribution >= 4 is 40.3 Å². The Kier molecular flexibility index (Phi) is 8.66. The Hall–Kier alpha value is -3.38. The van der Waals surface area contributed by atoms with E-state index in [-0.39, 0.29) is 18.0 Å². The fraction of sp³-hybridized carbons (Fsp3) is 0.185. The van der Waals surface area contributed by atoms with Crippen LogP contribution in [0.4, 0.5) is 10.1 Å². The number of hydrogen-bond donors (Lipinski definition) is 1. The van der Waals surface area contributed by atoms with Crippen LogP contribution in [0.2, 0.25) is 0 Å². The van der Waals surface area contributed by atoms with Gasteiger partial charge in [0.15, 0.2) is 11.5 Å². The molecule has 0 saturated carbocycles. The molecule has 1 N–H and O–H groups in total. The summed E-state index contributed by atoms with van der Waals surface area (Å²) in [7, 11) is 0. The molecule has 0 atom stereocenters. The summed E-state index contributed by atoms with van der Waals surface area (Å²) in [5.41, 5.74) is 4.09. The van der Waals surface area contributed by atoms with Gasteiger partial charge < -0.3 is 14.8 Å². The van der Waals surface area contributed by atoms with Crippen molar-refractivity contribution in [2.75, 3.05) is 11.9 Å². The maximum absolute atomic E-state index is 13.2. The van der Waals surface area contributed by atoms with Gasteiger partial charge in [-0.25, -0.2) is 4.39 Å². The second kappa shape index (κ2) is 11.7. The van der Waals surface area contributed by atoms with Crippen LogP contribution in [0.5, 0.6) is 11.5 Å². The van der Waals surface area contributed by atoms with Crippen LogP contribution in [0.1, 0.15) is 29.2 Å². The van der Waals surface area contributed by atoms with Gasteiger partial charge >= 0.3 is 0 Å². The number of nitriles is 1. The lowest BCUT2D eigenvalue weighted by Gasteiger charge is -2.15. The molecule has 0 aliphatic carbocycles. The molecule has 5 nitrogen and oxygen atoms in total. The highest BCUT2D eigenvalue weighted by Gasteiger charge is 2.15. The Morgan fingerprint density at radius 2 is 1.85 bits per heavy atom. The van der Waals surface area contributed by atoms with Gasteiger partial charge in [0.1, 0.15) is 24.1 Å². The van der Waals surface area contributed by atoms with Crippen LogP contribution < -0.4 is 14.8 Å². The number of hydrogen-bond acceptors (Lipinski definition) is 4. The average molecular weight is 570 g/mol. The Morgan fingerprint density at radius 1 is 1.12 bits per heavy atom.